The molecule has 1 aromatic heterocycles. The smallest absolute Gasteiger partial charge is 0.272 e. The number of carbonyl (C=O) groups is 1. The molecule has 0 spiro atoms. The predicted molar refractivity (Wildman–Crippen MR) is 98.9 cm³/mol. The third-order valence-corrected chi connectivity index (χ3v) is 5.56. The molecule has 1 aliphatic carbocycles. The van der Waals surface area contributed by atoms with Crippen molar-refractivity contribution in [2.75, 3.05) is 13.3 Å². The summed E-state index contributed by atoms with van der Waals surface area (Å²) >= 11 is 1.47. The molecule has 0 saturated heterocycles. The van der Waals surface area contributed by atoms with Crippen molar-refractivity contribution in [1.82, 2.24) is 14.5 Å². The van der Waals surface area contributed by atoms with Crippen LogP contribution in [0, 0.1) is 5.82 Å². The monoisotopic (exact) mass is 361 g/mol. The van der Waals surface area contributed by atoms with Crippen LogP contribution in [0.3, 0.4) is 0 Å². The molecule has 4 nitrogen and oxygen atoms in total. The molecule has 3 rings (SSSR count). The Morgan fingerprint density at radius 3 is 2.44 bits per heavy atom. The van der Waals surface area contributed by atoms with E-state index in [4.69, 9.17) is 0 Å². The summed E-state index contributed by atoms with van der Waals surface area (Å²) < 4.78 is 15.1. The van der Waals surface area contributed by atoms with Crippen LogP contribution in [0.25, 0.3) is 5.69 Å². The number of hydrogen-bond donors (Lipinski definition) is 0. The lowest BCUT2D eigenvalue weighted by Crippen LogP contribution is -2.37. The Labute approximate surface area is 152 Å². The maximum absolute atomic E-state index is 13.3. The van der Waals surface area contributed by atoms with Crippen molar-refractivity contribution in [2.24, 2.45) is 0 Å². The SMILES string of the molecule is CSc1ncc(C(=O)N(C)C2CCCCCC2)n1-c1ccc(F)cc1. The molecular formula is C19H24FN3OS. The van der Waals surface area contributed by atoms with Crippen molar-refractivity contribution in [2.45, 2.75) is 49.7 Å². The Kier molecular flexibility index (Phi) is 5.78. The molecular weight excluding hydrogens is 337 g/mol. The second kappa shape index (κ2) is 8.04. The summed E-state index contributed by atoms with van der Waals surface area (Å²) in [5.74, 6) is -0.318. The number of aromatic nitrogens is 2. The molecule has 134 valence electrons. The van der Waals surface area contributed by atoms with E-state index in [0.29, 0.717) is 5.69 Å². The Bertz CT molecular complexity index is 721. The second-order valence-electron chi connectivity index (χ2n) is 6.50. The molecule has 1 aromatic carbocycles. The Hall–Kier alpha value is -1.82. The highest BCUT2D eigenvalue weighted by molar-refractivity contribution is 7.98. The van der Waals surface area contributed by atoms with E-state index in [0.717, 1.165) is 23.7 Å². The van der Waals surface area contributed by atoms with Crippen LogP contribution in [-0.4, -0.2) is 39.7 Å². The summed E-state index contributed by atoms with van der Waals surface area (Å²) in [6.45, 7) is 0. The van der Waals surface area contributed by atoms with Crippen LogP contribution >= 0.6 is 11.8 Å². The highest BCUT2D eigenvalue weighted by atomic mass is 32.2. The molecule has 0 unspecified atom stereocenters. The quantitative estimate of drug-likeness (QED) is 0.593. The van der Waals surface area contributed by atoms with E-state index in [2.05, 4.69) is 4.98 Å². The molecule has 1 saturated carbocycles. The minimum atomic E-state index is -0.294. The van der Waals surface area contributed by atoms with Crippen LogP contribution in [0.2, 0.25) is 0 Å². The normalized spacial score (nSPS) is 15.8. The number of hydrogen-bond acceptors (Lipinski definition) is 3. The average Bonchev–Trinajstić information content (AvgIpc) is 2.87. The van der Waals surface area contributed by atoms with Gasteiger partial charge in [-0.05, 0) is 43.4 Å². The third kappa shape index (κ3) is 3.89. The minimum Gasteiger partial charge on any atom is -0.337 e. The van der Waals surface area contributed by atoms with Gasteiger partial charge in [-0.2, -0.15) is 0 Å². The van der Waals surface area contributed by atoms with E-state index >= 15 is 0 Å². The van der Waals surface area contributed by atoms with Crippen molar-refractivity contribution in [1.29, 1.82) is 0 Å². The highest BCUT2D eigenvalue weighted by Crippen LogP contribution is 2.26. The van der Waals surface area contributed by atoms with Crippen LogP contribution in [0.1, 0.15) is 49.0 Å². The highest BCUT2D eigenvalue weighted by Gasteiger charge is 2.26. The van der Waals surface area contributed by atoms with Gasteiger partial charge in [0, 0.05) is 18.8 Å². The van der Waals surface area contributed by atoms with Crippen LogP contribution in [0.15, 0.2) is 35.6 Å². The zero-order valence-electron chi connectivity index (χ0n) is 14.7. The molecule has 2 aromatic rings. The lowest BCUT2D eigenvalue weighted by atomic mass is 10.1. The third-order valence-electron chi connectivity index (χ3n) is 4.91. The Morgan fingerprint density at radius 1 is 1.20 bits per heavy atom. The zero-order valence-corrected chi connectivity index (χ0v) is 15.6. The predicted octanol–water partition coefficient (Wildman–Crippen LogP) is 4.53. The van der Waals surface area contributed by atoms with Gasteiger partial charge in [0.2, 0.25) is 0 Å². The number of benzene rings is 1. The number of imidazole rings is 1. The van der Waals surface area contributed by atoms with Crippen LogP contribution in [0.4, 0.5) is 4.39 Å². The average molecular weight is 361 g/mol. The first-order chi connectivity index (χ1) is 12.1. The van der Waals surface area contributed by atoms with Gasteiger partial charge >= 0.3 is 0 Å². The number of halogens is 1. The van der Waals surface area contributed by atoms with Gasteiger partial charge in [-0.1, -0.05) is 37.4 Å². The molecule has 0 radical (unpaired) electrons. The second-order valence-corrected chi connectivity index (χ2v) is 7.28. The maximum Gasteiger partial charge on any atom is 0.272 e. The van der Waals surface area contributed by atoms with E-state index in [1.165, 1.54) is 49.6 Å². The standard InChI is InChI=1S/C19H24FN3OS/c1-22(15-7-5-3-4-6-8-15)18(24)17-13-21-19(25-2)23(17)16-11-9-14(20)10-12-16/h9-13,15H,3-8H2,1-2H3. The van der Waals surface area contributed by atoms with Crippen molar-refractivity contribution in [3.05, 3.63) is 42.0 Å². The molecule has 1 aliphatic rings. The van der Waals surface area contributed by atoms with Crippen molar-refractivity contribution < 1.29 is 9.18 Å². The maximum atomic E-state index is 13.3. The number of thioether (sulfide) groups is 1. The van der Waals surface area contributed by atoms with E-state index in [-0.39, 0.29) is 17.8 Å². The van der Waals surface area contributed by atoms with E-state index in [1.807, 2.05) is 22.8 Å². The first-order valence-corrected chi connectivity index (χ1v) is 9.99. The first kappa shape index (κ1) is 18.0. The number of rotatable bonds is 4. The van der Waals surface area contributed by atoms with Crippen LogP contribution in [0.5, 0.6) is 0 Å². The van der Waals surface area contributed by atoms with Gasteiger partial charge in [0.25, 0.3) is 5.91 Å². The lowest BCUT2D eigenvalue weighted by Gasteiger charge is -2.27. The fourth-order valence-corrected chi connectivity index (χ4v) is 4.01. The van der Waals surface area contributed by atoms with Crippen molar-refractivity contribution >= 4 is 17.7 Å². The summed E-state index contributed by atoms with van der Waals surface area (Å²) in [6, 6.07) is 6.45. The lowest BCUT2D eigenvalue weighted by molar-refractivity contribution is 0.0709. The Morgan fingerprint density at radius 2 is 1.84 bits per heavy atom. The van der Waals surface area contributed by atoms with Gasteiger partial charge in [0.1, 0.15) is 11.5 Å². The largest absolute Gasteiger partial charge is 0.337 e. The van der Waals surface area contributed by atoms with Crippen molar-refractivity contribution in [3.63, 3.8) is 0 Å². The fourth-order valence-electron chi connectivity index (χ4n) is 3.46. The van der Waals surface area contributed by atoms with Gasteiger partial charge in [0.05, 0.1) is 6.20 Å². The van der Waals surface area contributed by atoms with Crippen LogP contribution < -0.4 is 0 Å². The van der Waals surface area contributed by atoms with Gasteiger partial charge < -0.3 is 4.90 Å². The fraction of sp³-hybridized carbons (Fsp3) is 0.474. The summed E-state index contributed by atoms with van der Waals surface area (Å²) in [5.41, 5.74) is 1.28. The molecule has 0 bridgehead atoms. The first-order valence-electron chi connectivity index (χ1n) is 8.76. The van der Waals surface area contributed by atoms with Gasteiger partial charge in [-0.25, -0.2) is 9.37 Å². The van der Waals surface area contributed by atoms with Gasteiger partial charge in [0.15, 0.2) is 5.16 Å². The molecule has 0 aliphatic heterocycles. The zero-order chi connectivity index (χ0) is 17.8. The van der Waals surface area contributed by atoms with E-state index < -0.39 is 0 Å². The molecule has 1 amide bonds. The van der Waals surface area contributed by atoms with Crippen molar-refractivity contribution in [3.8, 4) is 5.69 Å². The Balaban J connectivity index is 1.92. The summed E-state index contributed by atoms with van der Waals surface area (Å²) in [4.78, 5) is 19.4. The van der Waals surface area contributed by atoms with E-state index in [9.17, 15) is 9.18 Å². The number of amides is 1. The molecule has 6 heteroatoms. The van der Waals surface area contributed by atoms with E-state index in [1.54, 1.807) is 18.3 Å². The molecule has 0 atom stereocenters. The molecule has 0 N–H and O–H groups in total. The van der Waals surface area contributed by atoms with Gasteiger partial charge in [-0.3, -0.25) is 9.36 Å². The van der Waals surface area contributed by atoms with Crippen LogP contribution in [-0.2, 0) is 0 Å². The number of carbonyl (C=O) groups excluding carboxylic acids is 1. The molecule has 1 heterocycles. The van der Waals surface area contributed by atoms with Gasteiger partial charge in [-0.15, -0.1) is 0 Å². The molecule has 1 fully saturated rings. The number of nitrogens with zero attached hydrogens (tertiary/aromatic N) is 3. The molecule has 25 heavy (non-hydrogen) atoms. The summed E-state index contributed by atoms with van der Waals surface area (Å²) in [6.07, 6.45) is 10.5. The minimum absolute atomic E-state index is 0.0241. The topological polar surface area (TPSA) is 38.1 Å². The summed E-state index contributed by atoms with van der Waals surface area (Å²) in [7, 11) is 1.89. The summed E-state index contributed by atoms with van der Waals surface area (Å²) in [5, 5.41) is 0.726.